The molecule has 34 heavy (non-hydrogen) atoms. The van der Waals surface area contributed by atoms with E-state index in [0.29, 0.717) is 25.3 Å². The number of likely N-dealkylation sites (N-methyl/N-ethyl adjacent to an activating group) is 1. The lowest BCUT2D eigenvalue weighted by molar-refractivity contribution is -0.121. The average Bonchev–Trinajstić information content (AvgIpc) is 3.13. The van der Waals surface area contributed by atoms with Crippen LogP contribution in [-0.4, -0.2) is 72.1 Å². The number of carbonyl (C=O) groups is 2. The van der Waals surface area contributed by atoms with Crippen molar-refractivity contribution in [3.05, 3.63) is 48.2 Å². The molecule has 0 atom stereocenters. The summed E-state index contributed by atoms with van der Waals surface area (Å²) in [7, 11) is 1.64. The molecule has 180 valence electrons. The molecular weight excluding hydrogens is 434 g/mol. The van der Waals surface area contributed by atoms with Crippen molar-refractivity contribution in [2.75, 3.05) is 50.0 Å². The Morgan fingerprint density at radius 2 is 1.88 bits per heavy atom. The Morgan fingerprint density at radius 1 is 1.18 bits per heavy atom. The van der Waals surface area contributed by atoms with Gasteiger partial charge >= 0.3 is 0 Å². The van der Waals surface area contributed by atoms with Crippen molar-refractivity contribution in [1.29, 1.82) is 0 Å². The minimum Gasteiger partial charge on any atom is -0.487 e. The number of benzene rings is 1. The van der Waals surface area contributed by atoms with Crippen LogP contribution in [0.3, 0.4) is 0 Å². The van der Waals surface area contributed by atoms with Gasteiger partial charge in [0.2, 0.25) is 5.91 Å². The van der Waals surface area contributed by atoms with Gasteiger partial charge in [-0.15, -0.1) is 0 Å². The molecule has 1 aromatic carbocycles. The fraction of sp³-hybridized carbons (Fsp3) is 0.417. The Bertz CT molecular complexity index is 1090. The zero-order chi connectivity index (χ0) is 24.3. The standard InChI is InChI=1S/C24H31N7O3/c1-24(2)13-16-11-18(29-23(33)17(14-25)22-27-5-4-6-28-22)19(12-20(16)34-24)31-9-7-30(8-10-31)15-21(32)26-3/h4-6,11-12,14H,7-10,13,15,25H2,1-3H3,(H,26,32)(H,29,33). The van der Waals surface area contributed by atoms with Gasteiger partial charge in [-0.2, -0.15) is 0 Å². The van der Waals surface area contributed by atoms with E-state index in [0.717, 1.165) is 36.5 Å². The number of fused-ring (bicyclic) bond motifs is 1. The maximum atomic E-state index is 13.2. The minimum absolute atomic E-state index is 0.00111. The van der Waals surface area contributed by atoms with Gasteiger partial charge in [-0.3, -0.25) is 14.5 Å². The molecule has 4 rings (SSSR count). The number of rotatable bonds is 6. The predicted molar refractivity (Wildman–Crippen MR) is 130 cm³/mol. The molecule has 4 N–H and O–H groups in total. The van der Waals surface area contributed by atoms with Crippen LogP contribution in [0.5, 0.6) is 5.75 Å². The van der Waals surface area contributed by atoms with Crippen molar-refractivity contribution < 1.29 is 14.3 Å². The molecule has 10 heteroatoms. The molecule has 0 bridgehead atoms. The molecular formula is C24H31N7O3. The maximum Gasteiger partial charge on any atom is 0.261 e. The van der Waals surface area contributed by atoms with Crippen molar-refractivity contribution in [3.63, 3.8) is 0 Å². The van der Waals surface area contributed by atoms with Crippen LogP contribution in [0.4, 0.5) is 11.4 Å². The van der Waals surface area contributed by atoms with Gasteiger partial charge in [-0.05, 0) is 26.0 Å². The summed E-state index contributed by atoms with van der Waals surface area (Å²) in [6.07, 6.45) is 5.10. The lowest BCUT2D eigenvalue weighted by Crippen LogP contribution is -2.49. The largest absolute Gasteiger partial charge is 0.487 e. The van der Waals surface area contributed by atoms with E-state index in [1.165, 1.54) is 6.20 Å². The van der Waals surface area contributed by atoms with Crippen LogP contribution >= 0.6 is 0 Å². The van der Waals surface area contributed by atoms with Gasteiger partial charge < -0.3 is 26.0 Å². The second-order valence-corrected chi connectivity index (χ2v) is 9.06. The van der Waals surface area contributed by atoms with Crippen molar-refractivity contribution in [1.82, 2.24) is 20.2 Å². The van der Waals surface area contributed by atoms with Gasteiger partial charge in [0.1, 0.15) is 11.4 Å². The van der Waals surface area contributed by atoms with Gasteiger partial charge in [-0.25, -0.2) is 9.97 Å². The van der Waals surface area contributed by atoms with Crippen LogP contribution in [-0.2, 0) is 16.0 Å². The lowest BCUT2D eigenvalue weighted by atomic mass is 10.0. The van der Waals surface area contributed by atoms with E-state index in [2.05, 4.69) is 30.4 Å². The van der Waals surface area contributed by atoms with Gasteiger partial charge in [0.15, 0.2) is 5.82 Å². The average molecular weight is 466 g/mol. The maximum absolute atomic E-state index is 13.2. The van der Waals surface area contributed by atoms with Crippen LogP contribution in [0.15, 0.2) is 36.8 Å². The molecule has 1 fully saturated rings. The first-order valence-corrected chi connectivity index (χ1v) is 11.3. The van der Waals surface area contributed by atoms with Gasteiger partial charge in [0.05, 0.1) is 23.5 Å². The van der Waals surface area contributed by atoms with E-state index in [4.69, 9.17) is 10.5 Å². The summed E-state index contributed by atoms with van der Waals surface area (Å²) in [6, 6.07) is 5.66. The summed E-state index contributed by atoms with van der Waals surface area (Å²) in [5, 5.41) is 5.69. The molecule has 0 radical (unpaired) electrons. The highest BCUT2D eigenvalue weighted by Gasteiger charge is 2.33. The van der Waals surface area contributed by atoms with Gasteiger partial charge in [-0.1, -0.05) is 0 Å². The Hall–Kier alpha value is -3.66. The molecule has 10 nitrogen and oxygen atoms in total. The highest BCUT2D eigenvalue weighted by atomic mass is 16.5. The van der Waals surface area contributed by atoms with E-state index in [9.17, 15) is 9.59 Å². The molecule has 2 amide bonds. The zero-order valence-electron chi connectivity index (χ0n) is 19.8. The number of amides is 2. The minimum atomic E-state index is -0.383. The summed E-state index contributed by atoms with van der Waals surface area (Å²) in [5.74, 6) is 0.703. The summed E-state index contributed by atoms with van der Waals surface area (Å²) in [6.45, 7) is 7.35. The van der Waals surface area contributed by atoms with E-state index in [-0.39, 0.29) is 28.8 Å². The normalized spacial score (nSPS) is 17.6. The number of hydrogen-bond acceptors (Lipinski definition) is 8. The van der Waals surface area contributed by atoms with Crippen molar-refractivity contribution in [2.24, 2.45) is 5.73 Å². The Balaban J connectivity index is 1.59. The molecule has 0 unspecified atom stereocenters. The summed E-state index contributed by atoms with van der Waals surface area (Å²) >= 11 is 0. The smallest absolute Gasteiger partial charge is 0.261 e. The molecule has 0 spiro atoms. The third-order valence-corrected chi connectivity index (χ3v) is 6.01. The first-order valence-electron chi connectivity index (χ1n) is 11.3. The van der Waals surface area contributed by atoms with Gasteiger partial charge in [0, 0.05) is 69.9 Å². The first kappa shape index (κ1) is 23.5. The molecule has 2 aliphatic rings. The van der Waals surface area contributed by atoms with Crippen LogP contribution in [0.1, 0.15) is 25.2 Å². The SMILES string of the molecule is CNC(=O)CN1CCN(c2cc3c(cc2NC(=O)C(=CN)c2ncccn2)CC(C)(C)O3)CC1. The number of nitrogens with one attached hydrogen (secondary N) is 2. The quantitative estimate of drug-likeness (QED) is 0.540. The lowest BCUT2D eigenvalue weighted by Gasteiger charge is -2.36. The second-order valence-electron chi connectivity index (χ2n) is 9.06. The van der Waals surface area contributed by atoms with Crippen molar-refractivity contribution in [2.45, 2.75) is 25.9 Å². The van der Waals surface area contributed by atoms with Gasteiger partial charge in [0.25, 0.3) is 5.91 Å². The third-order valence-electron chi connectivity index (χ3n) is 6.01. The fourth-order valence-corrected chi connectivity index (χ4v) is 4.31. The zero-order valence-corrected chi connectivity index (χ0v) is 19.8. The van der Waals surface area contributed by atoms with E-state index >= 15 is 0 Å². The number of piperazine rings is 1. The molecule has 0 aliphatic carbocycles. The summed E-state index contributed by atoms with van der Waals surface area (Å²) in [4.78, 5) is 37.5. The highest BCUT2D eigenvalue weighted by Crippen LogP contribution is 2.42. The fourth-order valence-electron chi connectivity index (χ4n) is 4.31. The number of aromatic nitrogens is 2. The van der Waals surface area contributed by atoms with Crippen LogP contribution in [0.2, 0.25) is 0 Å². The van der Waals surface area contributed by atoms with Crippen molar-refractivity contribution >= 4 is 28.8 Å². The Kier molecular flexibility index (Phi) is 6.69. The van der Waals surface area contributed by atoms with E-state index in [1.54, 1.807) is 25.5 Å². The summed E-state index contributed by atoms with van der Waals surface area (Å²) < 4.78 is 6.16. The number of anilines is 2. The number of nitrogens with zero attached hydrogens (tertiary/aromatic N) is 4. The summed E-state index contributed by atoms with van der Waals surface area (Å²) in [5.41, 5.74) is 8.23. The second kappa shape index (κ2) is 9.68. The molecule has 0 saturated carbocycles. The number of nitrogens with two attached hydrogens (primary N) is 1. The number of hydrogen-bond donors (Lipinski definition) is 3. The van der Waals surface area contributed by atoms with Crippen LogP contribution < -0.4 is 26.0 Å². The Morgan fingerprint density at radius 3 is 2.53 bits per heavy atom. The first-order chi connectivity index (χ1) is 16.3. The number of carbonyl (C=O) groups excluding carboxylic acids is 2. The van der Waals surface area contributed by atoms with E-state index in [1.807, 2.05) is 26.0 Å². The molecule has 2 aromatic rings. The Labute approximate surface area is 199 Å². The molecule has 2 aliphatic heterocycles. The van der Waals surface area contributed by atoms with Crippen LogP contribution in [0, 0.1) is 0 Å². The van der Waals surface area contributed by atoms with Crippen molar-refractivity contribution in [3.8, 4) is 5.75 Å². The highest BCUT2D eigenvalue weighted by molar-refractivity contribution is 6.24. The monoisotopic (exact) mass is 465 g/mol. The predicted octanol–water partition coefficient (Wildman–Crippen LogP) is 0.996. The van der Waals surface area contributed by atoms with Crippen LogP contribution in [0.25, 0.3) is 5.57 Å². The third kappa shape index (κ3) is 5.12. The number of ether oxygens (including phenoxy) is 1. The topological polar surface area (TPSA) is 126 Å². The van der Waals surface area contributed by atoms with E-state index < -0.39 is 0 Å². The molecule has 3 heterocycles. The molecule has 1 aromatic heterocycles. The molecule has 1 saturated heterocycles.